The lowest BCUT2D eigenvalue weighted by Gasteiger charge is -2.07. The highest BCUT2D eigenvalue weighted by atomic mass is 79.9. The molecule has 0 aliphatic heterocycles. The molecular formula is C16H12BrN3O2S. The molecule has 0 bridgehead atoms. The molecule has 3 aromatic rings. The van der Waals surface area contributed by atoms with E-state index in [9.17, 15) is 4.79 Å². The van der Waals surface area contributed by atoms with Gasteiger partial charge in [-0.1, -0.05) is 39.8 Å². The number of Topliss-reactive ketones (excluding diaryl/α,β-unsaturated/α-hetero) is 1. The standard InChI is InChI=1S/C16H12BrN3O2S/c1-10(14(21)11-2-4-13(17)5-3-11)23-16-20-19-15(22-16)12-6-8-18-9-7-12/h2-10H,1H3. The summed E-state index contributed by atoms with van der Waals surface area (Å²) in [6.45, 7) is 1.82. The first-order chi connectivity index (χ1) is 11.1. The maximum Gasteiger partial charge on any atom is 0.277 e. The summed E-state index contributed by atoms with van der Waals surface area (Å²) in [5.41, 5.74) is 1.45. The Morgan fingerprint density at radius 3 is 2.52 bits per heavy atom. The summed E-state index contributed by atoms with van der Waals surface area (Å²) in [7, 11) is 0. The number of nitrogens with zero attached hydrogens (tertiary/aromatic N) is 3. The van der Waals surface area contributed by atoms with E-state index < -0.39 is 0 Å². The minimum Gasteiger partial charge on any atom is -0.411 e. The minimum absolute atomic E-state index is 0.0196. The van der Waals surface area contributed by atoms with E-state index in [1.165, 1.54) is 11.8 Å². The summed E-state index contributed by atoms with van der Waals surface area (Å²) in [5, 5.41) is 8.04. The molecule has 7 heteroatoms. The van der Waals surface area contributed by atoms with E-state index in [0.29, 0.717) is 16.7 Å². The number of carbonyl (C=O) groups excluding carboxylic acids is 1. The lowest BCUT2D eigenvalue weighted by molar-refractivity contribution is 0.0993. The van der Waals surface area contributed by atoms with Crippen molar-refractivity contribution in [3.05, 3.63) is 58.8 Å². The number of ketones is 1. The lowest BCUT2D eigenvalue weighted by Crippen LogP contribution is -2.13. The van der Waals surface area contributed by atoms with E-state index >= 15 is 0 Å². The zero-order chi connectivity index (χ0) is 16.2. The highest BCUT2D eigenvalue weighted by molar-refractivity contribution is 9.10. The monoisotopic (exact) mass is 389 g/mol. The molecule has 116 valence electrons. The smallest absolute Gasteiger partial charge is 0.277 e. The molecule has 0 fully saturated rings. The second kappa shape index (κ2) is 7.06. The molecule has 5 nitrogen and oxygen atoms in total. The molecule has 0 aliphatic carbocycles. The van der Waals surface area contributed by atoms with Crippen molar-refractivity contribution in [2.45, 2.75) is 17.4 Å². The van der Waals surface area contributed by atoms with Gasteiger partial charge in [0.25, 0.3) is 5.22 Å². The van der Waals surface area contributed by atoms with Crippen molar-refractivity contribution in [2.24, 2.45) is 0 Å². The van der Waals surface area contributed by atoms with Crippen LogP contribution < -0.4 is 0 Å². The fourth-order valence-corrected chi connectivity index (χ4v) is 2.95. The second-order valence-electron chi connectivity index (χ2n) is 4.74. The third-order valence-corrected chi connectivity index (χ3v) is 4.57. The van der Waals surface area contributed by atoms with Gasteiger partial charge in [-0.05, 0) is 31.2 Å². The first-order valence-electron chi connectivity index (χ1n) is 6.84. The van der Waals surface area contributed by atoms with Gasteiger partial charge < -0.3 is 4.42 Å². The van der Waals surface area contributed by atoms with Gasteiger partial charge in [-0.3, -0.25) is 9.78 Å². The number of rotatable bonds is 5. The number of thioether (sulfide) groups is 1. The van der Waals surface area contributed by atoms with E-state index in [1.54, 1.807) is 36.7 Å². The molecule has 2 heterocycles. The van der Waals surface area contributed by atoms with Crippen molar-refractivity contribution >= 4 is 33.5 Å². The molecule has 1 atom stereocenters. The second-order valence-corrected chi connectivity index (χ2v) is 6.95. The number of hydrogen-bond donors (Lipinski definition) is 0. The van der Waals surface area contributed by atoms with Gasteiger partial charge in [0, 0.05) is 28.0 Å². The normalized spacial score (nSPS) is 12.1. The van der Waals surface area contributed by atoms with Crippen LogP contribution in [0, 0.1) is 0 Å². The van der Waals surface area contributed by atoms with Crippen LogP contribution in [0.25, 0.3) is 11.5 Å². The van der Waals surface area contributed by atoms with Crippen LogP contribution in [-0.4, -0.2) is 26.2 Å². The molecule has 0 saturated heterocycles. The van der Waals surface area contributed by atoms with Crippen molar-refractivity contribution in [2.75, 3.05) is 0 Å². The van der Waals surface area contributed by atoms with Crippen LogP contribution >= 0.6 is 27.7 Å². The van der Waals surface area contributed by atoms with E-state index in [2.05, 4.69) is 31.1 Å². The van der Waals surface area contributed by atoms with Crippen LogP contribution in [0.15, 0.2) is 62.9 Å². The Balaban J connectivity index is 1.71. The highest BCUT2D eigenvalue weighted by Gasteiger charge is 2.20. The third-order valence-electron chi connectivity index (χ3n) is 3.11. The molecule has 0 aliphatic rings. The fourth-order valence-electron chi connectivity index (χ4n) is 1.92. The maximum absolute atomic E-state index is 12.4. The topological polar surface area (TPSA) is 68.9 Å². The summed E-state index contributed by atoms with van der Waals surface area (Å²) in [6, 6.07) is 10.9. The van der Waals surface area contributed by atoms with Gasteiger partial charge in [0.1, 0.15) is 0 Å². The van der Waals surface area contributed by atoms with E-state index in [-0.39, 0.29) is 11.0 Å². The quantitative estimate of drug-likeness (QED) is 0.479. The van der Waals surface area contributed by atoms with Gasteiger partial charge in [-0.15, -0.1) is 10.2 Å². The van der Waals surface area contributed by atoms with Crippen molar-refractivity contribution in [1.29, 1.82) is 0 Å². The van der Waals surface area contributed by atoms with E-state index in [0.717, 1.165) is 10.0 Å². The molecule has 0 saturated carbocycles. The molecule has 2 aromatic heterocycles. The van der Waals surface area contributed by atoms with Gasteiger partial charge in [0.05, 0.1) is 5.25 Å². The molecule has 0 amide bonds. The number of pyridine rings is 1. The van der Waals surface area contributed by atoms with Crippen molar-refractivity contribution in [1.82, 2.24) is 15.2 Å². The largest absolute Gasteiger partial charge is 0.411 e. The highest BCUT2D eigenvalue weighted by Crippen LogP contribution is 2.27. The predicted molar refractivity (Wildman–Crippen MR) is 91.3 cm³/mol. The SMILES string of the molecule is CC(Sc1nnc(-c2ccncc2)o1)C(=O)c1ccc(Br)cc1. The third kappa shape index (κ3) is 3.86. The molecule has 0 spiro atoms. The number of benzene rings is 1. The van der Waals surface area contributed by atoms with Crippen LogP contribution in [0.4, 0.5) is 0 Å². The summed E-state index contributed by atoms with van der Waals surface area (Å²) in [6.07, 6.45) is 3.32. The number of halogens is 1. The Bertz CT molecular complexity index is 806. The van der Waals surface area contributed by atoms with Gasteiger partial charge in [-0.2, -0.15) is 0 Å². The first kappa shape index (κ1) is 15.9. The summed E-state index contributed by atoms with van der Waals surface area (Å²) < 4.78 is 6.54. The molecule has 23 heavy (non-hydrogen) atoms. The Morgan fingerprint density at radius 1 is 1.13 bits per heavy atom. The zero-order valence-electron chi connectivity index (χ0n) is 12.1. The average molecular weight is 390 g/mol. The molecule has 1 aromatic carbocycles. The summed E-state index contributed by atoms with van der Waals surface area (Å²) in [4.78, 5) is 16.3. The maximum atomic E-state index is 12.4. The number of hydrogen-bond acceptors (Lipinski definition) is 6. The summed E-state index contributed by atoms with van der Waals surface area (Å²) >= 11 is 4.61. The fraction of sp³-hybridized carbons (Fsp3) is 0.125. The van der Waals surface area contributed by atoms with Crippen LogP contribution in [0.2, 0.25) is 0 Å². The van der Waals surface area contributed by atoms with Crippen LogP contribution in [0.3, 0.4) is 0 Å². The molecule has 0 radical (unpaired) electrons. The molecule has 3 rings (SSSR count). The summed E-state index contributed by atoms with van der Waals surface area (Å²) in [5.74, 6) is 0.435. The Hall–Kier alpha value is -1.99. The Labute approximate surface area is 145 Å². The zero-order valence-corrected chi connectivity index (χ0v) is 14.5. The van der Waals surface area contributed by atoms with Gasteiger partial charge in [0.2, 0.25) is 5.89 Å². The Kier molecular flexibility index (Phi) is 4.88. The van der Waals surface area contributed by atoms with E-state index in [1.807, 2.05) is 19.1 Å². The van der Waals surface area contributed by atoms with Gasteiger partial charge >= 0.3 is 0 Å². The first-order valence-corrected chi connectivity index (χ1v) is 8.51. The van der Waals surface area contributed by atoms with Crippen LogP contribution in [-0.2, 0) is 0 Å². The number of aromatic nitrogens is 3. The van der Waals surface area contributed by atoms with Crippen molar-refractivity contribution in [3.63, 3.8) is 0 Å². The minimum atomic E-state index is -0.318. The van der Waals surface area contributed by atoms with Crippen LogP contribution in [0.1, 0.15) is 17.3 Å². The Morgan fingerprint density at radius 2 is 1.83 bits per heavy atom. The molecular weight excluding hydrogens is 378 g/mol. The van der Waals surface area contributed by atoms with Gasteiger partial charge in [-0.25, -0.2) is 0 Å². The van der Waals surface area contributed by atoms with E-state index in [4.69, 9.17) is 4.42 Å². The lowest BCUT2D eigenvalue weighted by atomic mass is 10.1. The van der Waals surface area contributed by atoms with Crippen molar-refractivity contribution < 1.29 is 9.21 Å². The van der Waals surface area contributed by atoms with Gasteiger partial charge in [0.15, 0.2) is 5.78 Å². The molecule has 1 unspecified atom stereocenters. The van der Waals surface area contributed by atoms with Crippen molar-refractivity contribution in [3.8, 4) is 11.5 Å². The molecule has 0 N–H and O–H groups in total. The number of carbonyl (C=O) groups is 1. The van der Waals surface area contributed by atoms with Crippen LogP contribution in [0.5, 0.6) is 0 Å². The average Bonchev–Trinajstić information content (AvgIpc) is 3.04. The predicted octanol–water partition coefficient (Wildman–Crippen LogP) is 4.26.